The first-order valence-corrected chi connectivity index (χ1v) is 8.92. The maximum Gasteiger partial charge on any atom is 0.341 e. The van der Waals surface area contributed by atoms with Crippen LogP contribution in [0.5, 0.6) is 0 Å². The third-order valence-electron chi connectivity index (χ3n) is 3.68. The Morgan fingerprint density at radius 2 is 2.20 bits per heavy atom. The predicted octanol–water partition coefficient (Wildman–Crippen LogP) is 4.01. The number of hydrogen-bond donors (Lipinski definition) is 0. The normalized spacial score (nSPS) is 11.2. The Hall–Kier alpha value is -1.96. The summed E-state index contributed by atoms with van der Waals surface area (Å²) in [5.74, 6) is 0.603. The molecule has 0 bridgehead atoms. The van der Waals surface area contributed by atoms with Crippen LogP contribution in [0.3, 0.4) is 0 Å². The maximum absolute atomic E-state index is 11.7. The van der Waals surface area contributed by atoms with E-state index in [9.17, 15) is 4.79 Å². The smallest absolute Gasteiger partial charge is 0.341 e. The number of esters is 1. The van der Waals surface area contributed by atoms with Crippen molar-refractivity contribution in [2.75, 3.05) is 20.8 Å². The Balaban J connectivity index is 1.88. The lowest BCUT2D eigenvalue weighted by molar-refractivity contribution is 0.0598. The molecule has 2 heterocycles. The van der Waals surface area contributed by atoms with Crippen molar-refractivity contribution in [3.05, 3.63) is 46.9 Å². The molecule has 0 amide bonds. The summed E-state index contributed by atoms with van der Waals surface area (Å²) in [6.45, 7) is 1.23. The number of halogens is 1. The number of ether oxygens (including phenoxy) is 2. The molecule has 1 aromatic carbocycles. The topological polar surface area (TPSA) is 66.5 Å². The summed E-state index contributed by atoms with van der Waals surface area (Å²) < 4.78 is 17.4. The third-order valence-corrected chi connectivity index (χ3v) is 4.89. The van der Waals surface area contributed by atoms with Gasteiger partial charge in [0.2, 0.25) is 0 Å². The fourth-order valence-electron chi connectivity index (χ4n) is 2.46. The van der Waals surface area contributed by atoms with Crippen molar-refractivity contribution in [3.63, 3.8) is 0 Å². The maximum atomic E-state index is 11.7. The SMILES string of the molecule is COCCn1c(SCc2occc2C(=O)OC)nc2cc(Cl)ccc21. The summed E-state index contributed by atoms with van der Waals surface area (Å²) in [7, 11) is 3.01. The number of thioether (sulfide) groups is 1. The number of hydrogen-bond acceptors (Lipinski definition) is 6. The van der Waals surface area contributed by atoms with Crippen molar-refractivity contribution in [2.45, 2.75) is 17.5 Å². The zero-order chi connectivity index (χ0) is 17.8. The molecule has 25 heavy (non-hydrogen) atoms. The molecule has 0 spiro atoms. The quantitative estimate of drug-likeness (QED) is 0.455. The molecule has 0 fully saturated rings. The fourth-order valence-corrected chi connectivity index (χ4v) is 3.62. The van der Waals surface area contributed by atoms with Crippen molar-refractivity contribution >= 4 is 40.4 Å². The molecule has 3 aromatic rings. The summed E-state index contributed by atoms with van der Waals surface area (Å²) in [4.78, 5) is 16.4. The number of carbonyl (C=O) groups excluding carboxylic acids is 1. The van der Waals surface area contributed by atoms with Gasteiger partial charge >= 0.3 is 5.97 Å². The van der Waals surface area contributed by atoms with Gasteiger partial charge < -0.3 is 18.5 Å². The van der Waals surface area contributed by atoms with Crippen LogP contribution in [0.15, 0.2) is 40.1 Å². The van der Waals surface area contributed by atoms with Crippen molar-refractivity contribution in [2.24, 2.45) is 0 Å². The highest BCUT2D eigenvalue weighted by Gasteiger charge is 2.17. The standard InChI is InChI=1S/C17H17ClN2O4S/c1-22-8-6-20-14-4-3-11(18)9-13(14)19-17(20)25-10-15-12(5-7-24-15)16(21)23-2/h3-5,7,9H,6,8,10H2,1-2H3. The molecule has 6 nitrogen and oxygen atoms in total. The molecule has 132 valence electrons. The molecule has 3 rings (SSSR count). The van der Waals surface area contributed by atoms with Crippen LogP contribution >= 0.6 is 23.4 Å². The Bertz CT molecular complexity index is 890. The van der Waals surface area contributed by atoms with Gasteiger partial charge in [-0.1, -0.05) is 23.4 Å². The first-order chi connectivity index (χ1) is 12.1. The lowest BCUT2D eigenvalue weighted by Crippen LogP contribution is -2.06. The van der Waals surface area contributed by atoms with Crippen LogP contribution in [0, 0.1) is 0 Å². The molecule has 0 saturated carbocycles. The van der Waals surface area contributed by atoms with Crippen molar-refractivity contribution in [1.29, 1.82) is 0 Å². The molecule has 0 aliphatic rings. The summed E-state index contributed by atoms with van der Waals surface area (Å²) in [5.41, 5.74) is 2.23. The number of aromatic nitrogens is 2. The molecule has 2 aromatic heterocycles. The van der Waals surface area contributed by atoms with Gasteiger partial charge in [0.1, 0.15) is 11.3 Å². The Kier molecular flexibility index (Phi) is 5.67. The number of furan rings is 1. The van der Waals surface area contributed by atoms with Gasteiger partial charge in [-0.2, -0.15) is 0 Å². The minimum atomic E-state index is -0.413. The summed E-state index contributed by atoms with van der Waals surface area (Å²) >= 11 is 7.55. The van der Waals surface area contributed by atoms with Crippen LogP contribution in [0.25, 0.3) is 11.0 Å². The molecule has 0 saturated heterocycles. The average Bonchev–Trinajstić information content (AvgIpc) is 3.21. The van der Waals surface area contributed by atoms with Gasteiger partial charge in [0.25, 0.3) is 0 Å². The van der Waals surface area contributed by atoms with Gasteiger partial charge in [0, 0.05) is 18.7 Å². The number of rotatable bonds is 7. The van der Waals surface area contributed by atoms with E-state index in [0.29, 0.717) is 35.3 Å². The van der Waals surface area contributed by atoms with Gasteiger partial charge in [-0.05, 0) is 24.3 Å². The molecule has 8 heteroatoms. The van der Waals surface area contributed by atoms with Crippen molar-refractivity contribution in [1.82, 2.24) is 9.55 Å². The molecule has 0 radical (unpaired) electrons. The fraction of sp³-hybridized carbons (Fsp3) is 0.294. The Morgan fingerprint density at radius 3 is 2.96 bits per heavy atom. The minimum absolute atomic E-state index is 0.413. The zero-order valence-corrected chi connectivity index (χ0v) is 15.4. The van der Waals surface area contributed by atoms with E-state index in [1.807, 2.05) is 18.2 Å². The van der Waals surface area contributed by atoms with Gasteiger partial charge in [0.05, 0.1) is 36.8 Å². The van der Waals surface area contributed by atoms with Gasteiger partial charge in [-0.25, -0.2) is 9.78 Å². The van der Waals surface area contributed by atoms with Crippen molar-refractivity contribution in [3.8, 4) is 0 Å². The lowest BCUT2D eigenvalue weighted by atomic mass is 10.3. The third kappa shape index (κ3) is 3.84. The van der Waals surface area contributed by atoms with Gasteiger partial charge in [0.15, 0.2) is 5.16 Å². The molecule has 0 aliphatic heterocycles. The number of methoxy groups -OCH3 is 2. The molecular weight excluding hydrogens is 364 g/mol. The van der Waals surface area contributed by atoms with E-state index in [1.165, 1.54) is 25.1 Å². The van der Waals surface area contributed by atoms with Gasteiger partial charge in [-0.15, -0.1) is 0 Å². The van der Waals surface area contributed by atoms with E-state index in [2.05, 4.69) is 9.55 Å². The predicted molar refractivity (Wildman–Crippen MR) is 96.2 cm³/mol. The van der Waals surface area contributed by atoms with E-state index >= 15 is 0 Å². The first-order valence-electron chi connectivity index (χ1n) is 7.56. The number of carbonyl (C=O) groups is 1. The number of imidazole rings is 1. The second kappa shape index (κ2) is 7.95. The molecule has 0 N–H and O–H groups in total. The van der Waals surface area contributed by atoms with Crippen LogP contribution in [0.2, 0.25) is 5.02 Å². The monoisotopic (exact) mass is 380 g/mol. The van der Waals surface area contributed by atoms with E-state index in [0.717, 1.165) is 16.2 Å². The lowest BCUT2D eigenvalue weighted by Gasteiger charge is -2.08. The second-order valence-corrected chi connectivity index (χ2v) is 6.59. The highest BCUT2D eigenvalue weighted by molar-refractivity contribution is 7.98. The van der Waals surface area contributed by atoms with E-state index in [4.69, 9.17) is 25.5 Å². The molecular formula is C17H17ClN2O4S. The van der Waals surface area contributed by atoms with Crippen molar-refractivity contribution < 1.29 is 18.7 Å². The number of nitrogens with zero attached hydrogens (tertiary/aromatic N) is 2. The second-order valence-electron chi connectivity index (χ2n) is 5.21. The van der Waals surface area contributed by atoms with Crippen LogP contribution in [0.1, 0.15) is 16.1 Å². The summed E-state index contributed by atoms with van der Waals surface area (Å²) in [6.07, 6.45) is 1.48. The van der Waals surface area contributed by atoms with Crippen LogP contribution < -0.4 is 0 Å². The minimum Gasteiger partial charge on any atom is -0.468 e. The van der Waals surface area contributed by atoms with Gasteiger partial charge in [-0.3, -0.25) is 0 Å². The van der Waals surface area contributed by atoms with E-state index in [-0.39, 0.29) is 0 Å². The van der Waals surface area contributed by atoms with E-state index < -0.39 is 5.97 Å². The van der Waals surface area contributed by atoms with Crippen LogP contribution in [-0.4, -0.2) is 36.3 Å². The van der Waals surface area contributed by atoms with Crippen LogP contribution in [0.4, 0.5) is 0 Å². The molecule has 0 atom stereocenters. The Morgan fingerprint density at radius 1 is 1.36 bits per heavy atom. The highest BCUT2D eigenvalue weighted by Crippen LogP contribution is 2.29. The molecule has 0 unspecified atom stereocenters. The summed E-state index contributed by atoms with van der Waals surface area (Å²) in [5, 5.41) is 1.45. The van der Waals surface area contributed by atoms with Crippen LogP contribution in [-0.2, 0) is 21.8 Å². The average molecular weight is 381 g/mol. The number of benzene rings is 1. The largest absolute Gasteiger partial charge is 0.468 e. The summed E-state index contributed by atoms with van der Waals surface area (Å²) in [6, 6.07) is 7.22. The number of fused-ring (bicyclic) bond motifs is 1. The highest BCUT2D eigenvalue weighted by atomic mass is 35.5. The first kappa shape index (κ1) is 17.8. The molecule has 0 aliphatic carbocycles. The zero-order valence-electron chi connectivity index (χ0n) is 13.8. The Labute approximate surface area is 154 Å². The van der Waals surface area contributed by atoms with E-state index in [1.54, 1.807) is 13.2 Å².